The van der Waals surface area contributed by atoms with E-state index in [1.54, 1.807) is 35.7 Å². The van der Waals surface area contributed by atoms with Crippen molar-refractivity contribution < 1.29 is 17.6 Å². The molecule has 3 heterocycles. The summed E-state index contributed by atoms with van der Waals surface area (Å²) >= 11 is 6.33. The van der Waals surface area contributed by atoms with Gasteiger partial charge in [-0.2, -0.15) is 5.26 Å². The van der Waals surface area contributed by atoms with Gasteiger partial charge in [0.1, 0.15) is 0 Å². The lowest BCUT2D eigenvalue weighted by Crippen LogP contribution is -2.24. The predicted octanol–water partition coefficient (Wildman–Crippen LogP) is 6.86. The average molecular weight is 608 g/mol. The number of hydrogen-bond donors (Lipinski definition) is 2. The standard InChI is InChI=1S/C26H17F4N3S5/c1-9-4-12-13(5-10(9)2)37-26(36-12)17-7-15-14(35-17)6-16(34-15)18-20(27)22(29)19(23(30)21(18)28)25(33)38-24(32)11(3)8-31/h4-7H,32-33H2,1-3H3/b18-16?,24-11-,25-19?. The Labute approximate surface area is 235 Å². The summed E-state index contributed by atoms with van der Waals surface area (Å²) < 4.78 is 64.0. The third kappa shape index (κ3) is 4.60. The third-order valence-electron chi connectivity index (χ3n) is 5.89. The van der Waals surface area contributed by atoms with Gasteiger partial charge in [0.15, 0.2) is 23.3 Å². The number of thiophene rings is 2. The minimum Gasteiger partial charge on any atom is -0.393 e. The number of nitrogens with two attached hydrogens (primary N) is 2. The Morgan fingerprint density at radius 3 is 1.84 bits per heavy atom. The number of benzene rings is 2. The van der Waals surface area contributed by atoms with Gasteiger partial charge in [-0.3, -0.25) is 0 Å². The largest absolute Gasteiger partial charge is 0.393 e. The number of allylic oxidation sites excluding steroid dienone is 1. The normalized spacial score (nSPS) is 13.6. The number of hydrogen-bond acceptors (Lipinski definition) is 8. The van der Waals surface area contributed by atoms with Gasteiger partial charge in [-0.15, -0.1) is 22.7 Å². The average Bonchev–Trinajstić information content (AvgIpc) is 3.56. The molecule has 194 valence electrons. The van der Waals surface area contributed by atoms with Crippen LogP contribution >= 0.6 is 58.0 Å². The van der Waals surface area contributed by atoms with Crippen molar-refractivity contribution in [3.63, 3.8) is 0 Å². The van der Waals surface area contributed by atoms with E-state index in [1.165, 1.54) is 39.2 Å². The lowest BCUT2D eigenvalue weighted by molar-refractivity contribution is 0.436. The molecule has 1 aliphatic heterocycles. The van der Waals surface area contributed by atoms with Crippen molar-refractivity contribution in [3.05, 3.63) is 88.8 Å². The number of rotatable bonds is 2. The Morgan fingerprint density at radius 1 is 0.816 bits per heavy atom. The van der Waals surface area contributed by atoms with E-state index in [0.29, 0.717) is 11.8 Å². The number of fused-ring (bicyclic) bond motifs is 2. The maximum absolute atomic E-state index is 15.1. The van der Waals surface area contributed by atoms with Gasteiger partial charge in [-0.1, -0.05) is 35.3 Å². The molecule has 0 atom stereocenters. The second-order valence-electron chi connectivity index (χ2n) is 8.40. The first kappa shape index (κ1) is 27.0. The maximum Gasteiger partial charge on any atom is 0.172 e. The molecule has 0 amide bonds. The van der Waals surface area contributed by atoms with Crippen molar-refractivity contribution in [2.24, 2.45) is 11.5 Å². The Morgan fingerprint density at radius 2 is 1.32 bits per heavy atom. The SMILES string of the molecule is C/C(C#N)=C(\N)SC(N)=c1c(F)c(F)c(=c2cc3sc(=C4Sc5cc(C)c(C)cc5S4)cc3s2)c(F)c1F. The molecule has 0 radical (unpaired) electrons. The summed E-state index contributed by atoms with van der Waals surface area (Å²) in [6.45, 7) is 5.53. The molecule has 5 rings (SSSR count). The monoisotopic (exact) mass is 607 g/mol. The molecule has 38 heavy (non-hydrogen) atoms. The first-order valence-electron chi connectivity index (χ1n) is 10.9. The van der Waals surface area contributed by atoms with E-state index in [0.717, 1.165) is 29.5 Å². The quantitative estimate of drug-likeness (QED) is 0.147. The molecular formula is C26H17F4N3S5. The summed E-state index contributed by atoms with van der Waals surface area (Å²) in [5.41, 5.74) is 13.9. The molecule has 1 aliphatic rings. The van der Waals surface area contributed by atoms with Crippen molar-refractivity contribution in [1.82, 2.24) is 0 Å². The highest BCUT2D eigenvalue weighted by atomic mass is 32.2. The highest BCUT2D eigenvalue weighted by Gasteiger charge is 2.23. The van der Waals surface area contributed by atoms with E-state index >= 15 is 8.78 Å². The van der Waals surface area contributed by atoms with Crippen LogP contribution < -0.4 is 21.2 Å². The molecule has 0 fully saturated rings. The number of aryl methyl sites for hydroxylation is 2. The van der Waals surface area contributed by atoms with Crippen molar-refractivity contribution in [3.8, 4) is 6.07 Å². The summed E-state index contributed by atoms with van der Waals surface area (Å²) in [6, 6.07) is 9.58. The summed E-state index contributed by atoms with van der Waals surface area (Å²) in [6.07, 6.45) is 0. The smallest absolute Gasteiger partial charge is 0.172 e. The number of nitrogens with zero attached hydrogens (tertiary/aromatic N) is 1. The molecule has 2 aromatic carbocycles. The molecule has 4 aromatic rings. The second kappa shape index (κ2) is 10.2. The molecule has 12 heteroatoms. The third-order valence-corrected chi connectivity index (χ3v) is 12.0. The van der Waals surface area contributed by atoms with Crippen LogP contribution in [0.15, 0.2) is 44.7 Å². The fourth-order valence-corrected chi connectivity index (χ4v) is 9.61. The Hall–Kier alpha value is -2.56. The van der Waals surface area contributed by atoms with Crippen molar-refractivity contribution >= 4 is 76.6 Å². The Kier molecular flexibility index (Phi) is 7.26. The summed E-state index contributed by atoms with van der Waals surface area (Å²) in [5, 5.41) is 6.34. The number of halogens is 4. The van der Waals surface area contributed by atoms with Crippen LogP contribution in [-0.4, -0.2) is 0 Å². The van der Waals surface area contributed by atoms with Crippen molar-refractivity contribution in [2.45, 2.75) is 30.6 Å². The molecule has 4 N–H and O–H groups in total. The predicted molar refractivity (Wildman–Crippen MR) is 152 cm³/mol. The highest BCUT2D eigenvalue weighted by Crippen LogP contribution is 2.52. The van der Waals surface area contributed by atoms with Crippen LogP contribution in [-0.2, 0) is 0 Å². The highest BCUT2D eigenvalue weighted by molar-refractivity contribution is 8.32. The minimum atomic E-state index is -1.62. The lowest BCUT2D eigenvalue weighted by Gasteiger charge is -2.06. The van der Waals surface area contributed by atoms with Gasteiger partial charge in [0, 0.05) is 28.3 Å². The van der Waals surface area contributed by atoms with E-state index < -0.39 is 38.7 Å². The fourth-order valence-electron chi connectivity index (χ4n) is 3.67. The molecule has 0 saturated carbocycles. The molecule has 0 saturated heterocycles. The van der Waals surface area contributed by atoms with Gasteiger partial charge in [0.2, 0.25) is 0 Å². The van der Waals surface area contributed by atoms with E-state index in [-0.39, 0.29) is 15.1 Å². The topological polar surface area (TPSA) is 75.8 Å². The van der Waals surface area contributed by atoms with Crippen molar-refractivity contribution in [2.75, 3.05) is 0 Å². The molecular weight excluding hydrogens is 591 g/mol. The Balaban J connectivity index is 1.65. The minimum absolute atomic E-state index is 0.0519. The summed E-state index contributed by atoms with van der Waals surface area (Å²) in [5.74, 6) is -6.34. The first-order chi connectivity index (χ1) is 18.0. The molecule has 2 aromatic heterocycles. The maximum atomic E-state index is 15.1. The van der Waals surface area contributed by atoms with Crippen LogP contribution in [0.3, 0.4) is 0 Å². The molecule has 0 unspecified atom stereocenters. The van der Waals surface area contributed by atoms with E-state index in [1.807, 2.05) is 6.07 Å². The van der Waals surface area contributed by atoms with Gasteiger partial charge in [0.25, 0.3) is 0 Å². The fraction of sp³-hybridized carbons (Fsp3) is 0.115. The zero-order chi connectivity index (χ0) is 27.5. The van der Waals surface area contributed by atoms with Gasteiger partial charge in [0.05, 0.1) is 36.4 Å². The lowest BCUT2D eigenvalue weighted by atomic mass is 10.1. The van der Waals surface area contributed by atoms with E-state index in [2.05, 4.69) is 26.0 Å². The summed E-state index contributed by atoms with van der Waals surface area (Å²) in [4.78, 5) is 2.38. The van der Waals surface area contributed by atoms with E-state index in [9.17, 15) is 8.78 Å². The second-order valence-corrected chi connectivity index (χ2v) is 14.0. The molecule has 0 aliphatic carbocycles. The number of nitriles is 1. The first-order valence-corrected chi connectivity index (χ1v) is 15.0. The molecule has 0 bridgehead atoms. The van der Waals surface area contributed by atoms with Gasteiger partial charge in [-0.05, 0) is 56.2 Å². The van der Waals surface area contributed by atoms with Gasteiger partial charge in [-0.25, -0.2) is 17.6 Å². The van der Waals surface area contributed by atoms with Crippen LogP contribution in [0.25, 0.3) is 18.7 Å². The molecule has 0 spiro atoms. The van der Waals surface area contributed by atoms with Crippen LogP contribution in [0.4, 0.5) is 17.6 Å². The van der Waals surface area contributed by atoms with Gasteiger partial charge < -0.3 is 11.5 Å². The van der Waals surface area contributed by atoms with Crippen LogP contribution in [0.1, 0.15) is 18.1 Å². The van der Waals surface area contributed by atoms with Crippen molar-refractivity contribution in [1.29, 1.82) is 5.26 Å². The Bertz CT molecular complexity index is 1860. The van der Waals surface area contributed by atoms with Crippen LogP contribution in [0.5, 0.6) is 0 Å². The summed E-state index contributed by atoms with van der Waals surface area (Å²) in [7, 11) is 0. The van der Waals surface area contributed by atoms with Gasteiger partial charge >= 0.3 is 0 Å². The molecule has 3 nitrogen and oxygen atoms in total. The van der Waals surface area contributed by atoms with Crippen LogP contribution in [0.2, 0.25) is 0 Å². The zero-order valence-corrected chi connectivity index (χ0v) is 24.0. The van der Waals surface area contributed by atoms with E-state index in [4.69, 9.17) is 16.7 Å². The number of thioether (sulfide) groups is 3. The van der Waals surface area contributed by atoms with Crippen LogP contribution in [0, 0.1) is 58.2 Å². The zero-order valence-electron chi connectivity index (χ0n) is 20.0.